The molecule has 0 bridgehead atoms. The average molecular weight is 206 g/mol. The number of carboxylic acids is 1. The molecule has 15 heavy (non-hydrogen) atoms. The first-order valence-corrected chi connectivity index (χ1v) is 4.68. The predicted octanol–water partition coefficient (Wildman–Crippen LogP) is 0.907. The number of carboxylic acid groups (broad SMARTS) is 1. The first-order chi connectivity index (χ1) is 7.18. The summed E-state index contributed by atoms with van der Waals surface area (Å²) in [5.41, 5.74) is 0.130. The van der Waals surface area contributed by atoms with Crippen LogP contribution < -0.4 is 4.90 Å². The molecule has 0 atom stereocenters. The second-order valence-electron chi connectivity index (χ2n) is 3.36. The molecule has 2 heterocycles. The monoisotopic (exact) mass is 206 g/mol. The van der Waals surface area contributed by atoms with E-state index in [1.54, 1.807) is 11.0 Å². The zero-order chi connectivity index (χ0) is 10.8. The van der Waals surface area contributed by atoms with E-state index in [4.69, 9.17) is 5.11 Å². The summed E-state index contributed by atoms with van der Waals surface area (Å²) in [5, 5.41) is 8.67. The van der Waals surface area contributed by atoms with Crippen LogP contribution in [0.2, 0.25) is 0 Å². The Morgan fingerprint density at radius 3 is 2.73 bits per heavy atom. The summed E-state index contributed by atoms with van der Waals surface area (Å²) in [7, 11) is 0. The van der Waals surface area contributed by atoms with Crippen LogP contribution in [0.3, 0.4) is 0 Å². The van der Waals surface area contributed by atoms with Crippen molar-refractivity contribution in [1.82, 2.24) is 4.98 Å². The fraction of sp³-hybridized carbons (Fsp3) is 0.300. The Morgan fingerprint density at radius 1 is 1.47 bits per heavy atom. The minimum Gasteiger partial charge on any atom is -0.478 e. The number of amides is 1. The minimum absolute atomic E-state index is 0.0468. The van der Waals surface area contributed by atoms with Crippen LogP contribution >= 0.6 is 0 Å². The highest BCUT2D eigenvalue weighted by Crippen LogP contribution is 2.18. The summed E-state index contributed by atoms with van der Waals surface area (Å²) in [5.74, 6) is -0.435. The first kappa shape index (κ1) is 9.64. The first-order valence-electron chi connectivity index (χ1n) is 4.68. The topological polar surface area (TPSA) is 70.5 Å². The van der Waals surface area contributed by atoms with Crippen molar-refractivity contribution >= 4 is 17.7 Å². The molecule has 5 nitrogen and oxygen atoms in total. The van der Waals surface area contributed by atoms with Gasteiger partial charge in [0, 0.05) is 19.2 Å². The van der Waals surface area contributed by atoms with Gasteiger partial charge in [-0.25, -0.2) is 9.78 Å². The van der Waals surface area contributed by atoms with Crippen LogP contribution in [0, 0.1) is 0 Å². The smallest absolute Gasteiger partial charge is 0.337 e. The number of rotatable bonds is 2. The second kappa shape index (κ2) is 3.68. The van der Waals surface area contributed by atoms with Crippen molar-refractivity contribution in [2.24, 2.45) is 0 Å². The number of carbonyl (C=O) groups excluding carboxylic acids is 1. The molecule has 1 aliphatic heterocycles. The molecule has 1 fully saturated rings. The molecule has 1 saturated heterocycles. The fourth-order valence-electron chi connectivity index (χ4n) is 1.56. The average Bonchev–Trinajstić information content (AvgIpc) is 2.65. The van der Waals surface area contributed by atoms with E-state index < -0.39 is 5.97 Å². The van der Waals surface area contributed by atoms with Crippen LogP contribution in [-0.4, -0.2) is 28.5 Å². The lowest BCUT2D eigenvalue weighted by molar-refractivity contribution is -0.117. The molecule has 1 amide bonds. The van der Waals surface area contributed by atoms with Gasteiger partial charge in [0.15, 0.2) is 0 Å². The van der Waals surface area contributed by atoms with Gasteiger partial charge in [-0.05, 0) is 18.6 Å². The molecule has 0 aromatic carbocycles. The van der Waals surface area contributed by atoms with Crippen LogP contribution in [0.1, 0.15) is 23.2 Å². The fourth-order valence-corrected chi connectivity index (χ4v) is 1.56. The molecule has 0 aliphatic carbocycles. The number of carbonyl (C=O) groups is 2. The molecule has 0 spiro atoms. The number of pyridine rings is 1. The summed E-state index contributed by atoms with van der Waals surface area (Å²) in [4.78, 5) is 27.5. The molecule has 5 heteroatoms. The summed E-state index contributed by atoms with van der Waals surface area (Å²) in [6.07, 6.45) is 2.65. The largest absolute Gasteiger partial charge is 0.478 e. The Balaban J connectivity index is 2.23. The van der Waals surface area contributed by atoms with Gasteiger partial charge in [0.1, 0.15) is 5.82 Å². The van der Waals surface area contributed by atoms with Gasteiger partial charge in [0.2, 0.25) is 5.91 Å². The molecule has 1 aliphatic rings. The Morgan fingerprint density at radius 2 is 2.27 bits per heavy atom. The van der Waals surface area contributed by atoms with Gasteiger partial charge in [-0.3, -0.25) is 9.69 Å². The zero-order valence-corrected chi connectivity index (χ0v) is 8.01. The molecule has 0 radical (unpaired) electrons. The summed E-state index contributed by atoms with van der Waals surface area (Å²) in [6.45, 7) is 0.665. The van der Waals surface area contributed by atoms with Crippen LogP contribution in [0.4, 0.5) is 5.82 Å². The van der Waals surface area contributed by atoms with Gasteiger partial charge in [-0.2, -0.15) is 0 Å². The van der Waals surface area contributed by atoms with Crippen molar-refractivity contribution in [3.05, 3.63) is 23.9 Å². The summed E-state index contributed by atoms with van der Waals surface area (Å²) in [6, 6.07) is 3.02. The highest BCUT2D eigenvalue weighted by atomic mass is 16.4. The van der Waals surface area contributed by atoms with Crippen molar-refractivity contribution < 1.29 is 14.7 Å². The molecule has 0 saturated carbocycles. The van der Waals surface area contributed by atoms with E-state index in [1.165, 1.54) is 12.3 Å². The Kier molecular flexibility index (Phi) is 2.37. The predicted molar refractivity (Wildman–Crippen MR) is 52.8 cm³/mol. The molecular formula is C10H10N2O3. The van der Waals surface area contributed by atoms with Crippen LogP contribution in [-0.2, 0) is 4.79 Å². The number of hydrogen-bond donors (Lipinski definition) is 1. The Labute approximate surface area is 86.3 Å². The van der Waals surface area contributed by atoms with Crippen molar-refractivity contribution in [2.45, 2.75) is 12.8 Å². The summed E-state index contributed by atoms with van der Waals surface area (Å²) < 4.78 is 0. The normalized spacial score (nSPS) is 15.7. The van der Waals surface area contributed by atoms with Crippen LogP contribution in [0.5, 0.6) is 0 Å². The number of aromatic carboxylic acids is 1. The highest BCUT2D eigenvalue weighted by Gasteiger charge is 2.22. The van der Waals surface area contributed by atoms with E-state index in [0.29, 0.717) is 18.8 Å². The molecule has 78 valence electrons. The van der Waals surface area contributed by atoms with Gasteiger partial charge in [-0.1, -0.05) is 0 Å². The van der Waals surface area contributed by atoms with Gasteiger partial charge in [-0.15, -0.1) is 0 Å². The number of aromatic nitrogens is 1. The molecule has 1 aromatic heterocycles. The number of anilines is 1. The van der Waals surface area contributed by atoms with Gasteiger partial charge in [0.25, 0.3) is 0 Å². The molecule has 0 unspecified atom stereocenters. The third-order valence-electron chi connectivity index (χ3n) is 2.34. The van der Waals surface area contributed by atoms with E-state index in [9.17, 15) is 9.59 Å². The standard InChI is InChI=1S/C10H10N2O3/c13-9-2-1-5-12(9)8-4-3-7(6-11-8)10(14)15/h3-4,6H,1-2,5H2,(H,14,15). The lowest BCUT2D eigenvalue weighted by Crippen LogP contribution is -2.24. The minimum atomic E-state index is -1.01. The van der Waals surface area contributed by atoms with Gasteiger partial charge >= 0.3 is 5.97 Å². The van der Waals surface area contributed by atoms with Crippen molar-refractivity contribution in [1.29, 1.82) is 0 Å². The van der Waals surface area contributed by atoms with Gasteiger partial charge < -0.3 is 5.11 Å². The maximum Gasteiger partial charge on any atom is 0.337 e. The zero-order valence-electron chi connectivity index (χ0n) is 8.01. The quantitative estimate of drug-likeness (QED) is 0.780. The lowest BCUT2D eigenvalue weighted by Gasteiger charge is -2.13. The van der Waals surface area contributed by atoms with E-state index in [1.807, 2.05) is 0 Å². The van der Waals surface area contributed by atoms with E-state index in [-0.39, 0.29) is 11.5 Å². The lowest BCUT2D eigenvalue weighted by atomic mass is 10.3. The maximum atomic E-state index is 11.4. The molecule has 1 N–H and O–H groups in total. The summed E-state index contributed by atoms with van der Waals surface area (Å²) >= 11 is 0. The van der Waals surface area contributed by atoms with Crippen LogP contribution in [0.15, 0.2) is 18.3 Å². The number of nitrogens with zero attached hydrogens (tertiary/aromatic N) is 2. The van der Waals surface area contributed by atoms with Crippen molar-refractivity contribution in [2.75, 3.05) is 11.4 Å². The van der Waals surface area contributed by atoms with E-state index >= 15 is 0 Å². The van der Waals surface area contributed by atoms with E-state index in [2.05, 4.69) is 4.98 Å². The third-order valence-corrected chi connectivity index (χ3v) is 2.34. The third kappa shape index (κ3) is 1.81. The molecular weight excluding hydrogens is 196 g/mol. The Hall–Kier alpha value is -1.91. The van der Waals surface area contributed by atoms with Crippen molar-refractivity contribution in [3.63, 3.8) is 0 Å². The van der Waals surface area contributed by atoms with Crippen LogP contribution in [0.25, 0.3) is 0 Å². The molecule has 2 rings (SSSR count). The highest BCUT2D eigenvalue weighted by molar-refractivity contribution is 5.95. The Bertz CT molecular complexity index is 400. The van der Waals surface area contributed by atoms with Crippen molar-refractivity contribution in [3.8, 4) is 0 Å². The maximum absolute atomic E-state index is 11.4. The number of hydrogen-bond acceptors (Lipinski definition) is 3. The second-order valence-corrected chi connectivity index (χ2v) is 3.36. The van der Waals surface area contributed by atoms with E-state index in [0.717, 1.165) is 6.42 Å². The molecule has 1 aromatic rings. The van der Waals surface area contributed by atoms with Gasteiger partial charge in [0.05, 0.1) is 5.56 Å². The SMILES string of the molecule is O=C(O)c1ccc(N2CCCC2=O)nc1.